The number of amides is 1. The van der Waals surface area contributed by atoms with Crippen molar-refractivity contribution in [2.24, 2.45) is 0 Å². The molecule has 1 aliphatic carbocycles. The molecule has 7 heteroatoms. The summed E-state index contributed by atoms with van der Waals surface area (Å²) in [5.74, 6) is 0.282. The highest BCUT2D eigenvalue weighted by molar-refractivity contribution is 7.99. The molecular weight excluding hydrogens is 406 g/mol. The fourth-order valence-corrected chi connectivity index (χ4v) is 5.06. The van der Waals surface area contributed by atoms with E-state index < -0.39 is 0 Å². The molecule has 2 heterocycles. The average molecular weight is 432 g/mol. The van der Waals surface area contributed by atoms with E-state index in [4.69, 9.17) is 4.98 Å². The molecule has 1 atom stereocenters. The van der Waals surface area contributed by atoms with Crippen LogP contribution in [-0.4, -0.2) is 31.4 Å². The molecule has 1 N–H and O–H groups in total. The summed E-state index contributed by atoms with van der Waals surface area (Å²) in [6.07, 6.45) is 4.17. The molecule has 31 heavy (non-hydrogen) atoms. The second kappa shape index (κ2) is 8.67. The smallest absolute Gasteiger partial charge is 0.230 e. The van der Waals surface area contributed by atoms with Crippen LogP contribution in [0, 0.1) is 0 Å². The molecule has 1 unspecified atom stereocenters. The third-order valence-corrected chi connectivity index (χ3v) is 6.68. The van der Waals surface area contributed by atoms with Gasteiger partial charge in [-0.3, -0.25) is 4.79 Å². The summed E-state index contributed by atoms with van der Waals surface area (Å²) >= 11 is 1.34. The van der Waals surface area contributed by atoms with Crippen LogP contribution >= 0.6 is 11.8 Å². The number of rotatable bonds is 6. The zero-order valence-corrected chi connectivity index (χ0v) is 18.4. The lowest BCUT2D eigenvalue weighted by atomic mass is 9.88. The Labute approximate surface area is 185 Å². The van der Waals surface area contributed by atoms with Crippen molar-refractivity contribution in [3.8, 4) is 0 Å². The highest BCUT2D eigenvalue weighted by atomic mass is 32.2. The van der Waals surface area contributed by atoms with Crippen LogP contribution in [0.3, 0.4) is 0 Å². The quantitative estimate of drug-likeness (QED) is 0.449. The van der Waals surface area contributed by atoms with Gasteiger partial charge in [0.05, 0.1) is 17.3 Å². The topological polar surface area (TPSA) is 72.7 Å². The third-order valence-electron chi connectivity index (χ3n) is 5.84. The molecule has 0 fully saturated rings. The maximum absolute atomic E-state index is 12.7. The third kappa shape index (κ3) is 3.90. The SMILES string of the molecule is CCCn1c2ccccc2c2nnc(SCC(=O)NC3CCCc4ccccc43)nc21. The normalized spacial score (nSPS) is 15.8. The van der Waals surface area contributed by atoms with Crippen molar-refractivity contribution in [2.75, 3.05) is 5.75 Å². The molecule has 0 saturated heterocycles. The van der Waals surface area contributed by atoms with Gasteiger partial charge in [-0.25, -0.2) is 4.98 Å². The van der Waals surface area contributed by atoms with Crippen molar-refractivity contribution in [2.45, 2.75) is 50.4 Å². The Morgan fingerprint density at radius 2 is 2.00 bits per heavy atom. The maximum atomic E-state index is 12.7. The summed E-state index contributed by atoms with van der Waals surface area (Å²) in [4.78, 5) is 17.4. The lowest BCUT2D eigenvalue weighted by molar-refractivity contribution is -0.119. The first kappa shape index (κ1) is 20.0. The number of thioether (sulfide) groups is 1. The summed E-state index contributed by atoms with van der Waals surface area (Å²) in [6.45, 7) is 3.02. The predicted octanol–water partition coefficient (Wildman–Crippen LogP) is 4.68. The van der Waals surface area contributed by atoms with Crippen molar-refractivity contribution in [3.05, 3.63) is 59.7 Å². The number of carbonyl (C=O) groups excluding carboxylic acids is 1. The molecule has 0 saturated carbocycles. The Hall–Kier alpha value is -2.93. The maximum Gasteiger partial charge on any atom is 0.230 e. The largest absolute Gasteiger partial charge is 0.349 e. The van der Waals surface area contributed by atoms with Gasteiger partial charge in [0.25, 0.3) is 0 Å². The number of nitrogens with zero attached hydrogens (tertiary/aromatic N) is 4. The minimum absolute atomic E-state index is 0.00417. The Morgan fingerprint density at radius 3 is 2.90 bits per heavy atom. The summed E-state index contributed by atoms with van der Waals surface area (Å²) < 4.78 is 2.20. The Morgan fingerprint density at radius 1 is 1.16 bits per heavy atom. The van der Waals surface area contributed by atoms with Crippen LogP contribution in [0.1, 0.15) is 43.4 Å². The van der Waals surface area contributed by atoms with Crippen molar-refractivity contribution in [3.63, 3.8) is 0 Å². The zero-order valence-electron chi connectivity index (χ0n) is 17.5. The molecule has 158 valence electrons. The highest BCUT2D eigenvalue weighted by Crippen LogP contribution is 2.30. The number of aryl methyl sites for hydroxylation is 2. The van der Waals surface area contributed by atoms with Gasteiger partial charge in [-0.1, -0.05) is 61.2 Å². The lowest BCUT2D eigenvalue weighted by Crippen LogP contribution is -2.32. The van der Waals surface area contributed by atoms with Crippen LogP contribution in [0.25, 0.3) is 22.1 Å². The van der Waals surface area contributed by atoms with Crippen LogP contribution in [0.5, 0.6) is 0 Å². The van der Waals surface area contributed by atoms with Gasteiger partial charge in [-0.05, 0) is 42.9 Å². The number of aromatic nitrogens is 4. The van der Waals surface area contributed by atoms with E-state index in [2.05, 4.69) is 57.3 Å². The molecule has 1 aliphatic rings. The molecule has 0 bridgehead atoms. The molecule has 4 aromatic rings. The number of nitrogens with one attached hydrogen (secondary N) is 1. The van der Waals surface area contributed by atoms with Gasteiger partial charge in [0, 0.05) is 11.9 Å². The van der Waals surface area contributed by atoms with Gasteiger partial charge >= 0.3 is 0 Å². The number of para-hydroxylation sites is 1. The van der Waals surface area contributed by atoms with Crippen molar-refractivity contribution < 1.29 is 4.79 Å². The monoisotopic (exact) mass is 431 g/mol. The molecule has 0 spiro atoms. The zero-order chi connectivity index (χ0) is 21.2. The van der Waals surface area contributed by atoms with Gasteiger partial charge in [0.15, 0.2) is 5.65 Å². The fraction of sp³-hybridized carbons (Fsp3) is 0.333. The number of carbonyl (C=O) groups is 1. The minimum atomic E-state index is 0.00417. The van der Waals surface area contributed by atoms with Crippen LogP contribution in [0.15, 0.2) is 53.7 Å². The van der Waals surface area contributed by atoms with Gasteiger partial charge in [0.2, 0.25) is 11.1 Å². The van der Waals surface area contributed by atoms with E-state index in [9.17, 15) is 4.79 Å². The number of benzene rings is 2. The fourth-order valence-electron chi connectivity index (χ4n) is 4.47. The number of fused-ring (bicyclic) bond motifs is 4. The van der Waals surface area contributed by atoms with E-state index in [1.165, 1.54) is 22.9 Å². The molecule has 2 aromatic carbocycles. The van der Waals surface area contributed by atoms with Gasteiger partial charge < -0.3 is 9.88 Å². The van der Waals surface area contributed by atoms with E-state index in [-0.39, 0.29) is 17.7 Å². The van der Waals surface area contributed by atoms with E-state index in [1.807, 2.05) is 18.2 Å². The van der Waals surface area contributed by atoms with Crippen LogP contribution in [-0.2, 0) is 17.8 Å². The molecule has 0 aliphatic heterocycles. The van der Waals surface area contributed by atoms with Gasteiger partial charge in [-0.15, -0.1) is 10.2 Å². The van der Waals surface area contributed by atoms with Crippen LogP contribution in [0.2, 0.25) is 0 Å². The molecule has 6 nitrogen and oxygen atoms in total. The molecule has 2 aromatic heterocycles. The van der Waals surface area contributed by atoms with E-state index in [0.717, 1.165) is 54.3 Å². The first-order chi connectivity index (χ1) is 15.2. The van der Waals surface area contributed by atoms with Crippen LogP contribution in [0.4, 0.5) is 0 Å². The molecular formula is C24H25N5OS. The number of hydrogen-bond donors (Lipinski definition) is 1. The predicted molar refractivity (Wildman–Crippen MR) is 124 cm³/mol. The number of hydrogen-bond acceptors (Lipinski definition) is 5. The van der Waals surface area contributed by atoms with E-state index in [1.54, 1.807) is 0 Å². The summed E-state index contributed by atoms with van der Waals surface area (Å²) in [5.41, 5.74) is 5.36. The van der Waals surface area contributed by atoms with Gasteiger partial charge in [-0.2, -0.15) is 0 Å². The summed E-state index contributed by atoms with van der Waals surface area (Å²) in [5, 5.41) is 13.5. The first-order valence-corrected chi connectivity index (χ1v) is 11.8. The Balaban J connectivity index is 1.33. The summed E-state index contributed by atoms with van der Waals surface area (Å²) in [6, 6.07) is 16.7. The lowest BCUT2D eigenvalue weighted by Gasteiger charge is -2.26. The van der Waals surface area contributed by atoms with Crippen LogP contribution < -0.4 is 5.32 Å². The Bertz CT molecular complexity index is 1250. The second-order valence-corrected chi connectivity index (χ2v) is 8.88. The summed E-state index contributed by atoms with van der Waals surface area (Å²) in [7, 11) is 0. The van der Waals surface area contributed by atoms with E-state index in [0.29, 0.717) is 5.16 Å². The van der Waals surface area contributed by atoms with Gasteiger partial charge in [0.1, 0.15) is 5.52 Å². The Kier molecular flexibility index (Phi) is 5.59. The van der Waals surface area contributed by atoms with Crippen molar-refractivity contribution >= 4 is 39.7 Å². The highest BCUT2D eigenvalue weighted by Gasteiger charge is 2.22. The standard InChI is InChI=1S/C24H25N5OS/c1-2-14-29-20-13-6-5-11-18(20)22-23(29)26-24(28-27-22)31-15-21(30)25-19-12-7-9-16-8-3-4-10-17(16)19/h3-6,8,10-11,13,19H,2,7,9,12,14-15H2,1H3,(H,25,30). The average Bonchev–Trinajstić information content (AvgIpc) is 3.11. The molecule has 0 radical (unpaired) electrons. The van der Waals surface area contributed by atoms with Crippen molar-refractivity contribution in [1.82, 2.24) is 25.1 Å². The second-order valence-electron chi connectivity index (χ2n) is 7.94. The first-order valence-electron chi connectivity index (χ1n) is 10.9. The molecule has 5 rings (SSSR count). The molecule has 1 amide bonds. The minimum Gasteiger partial charge on any atom is -0.349 e. The van der Waals surface area contributed by atoms with Crippen molar-refractivity contribution in [1.29, 1.82) is 0 Å². The van der Waals surface area contributed by atoms with E-state index >= 15 is 0 Å².